The molecule has 23 heavy (non-hydrogen) atoms. The highest BCUT2D eigenvalue weighted by atomic mass is 16.5. The van der Waals surface area contributed by atoms with Crippen molar-refractivity contribution in [3.05, 3.63) is 59.9 Å². The fourth-order valence-electron chi connectivity index (χ4n) is 1.91. The van der Waals surface area contributed by atoms with Crippen molar-refractivity contribution in [3.63, 3.8) is 0 Å². The van der Waals surface area contributed by atoms with Gasteiger partial charge in [0.05, 0.1) is 11.3 Å². The van der Waals surface area contributed by atoms with E-state index in [1.54, 1.807) is 36.5 Å². The molecule has 5 nitrogen and oxygen atoms in total. The number of carbonyl (C=O) groups excluding carboxylic acids is 1. The van der Waals surface area contributed by atoms with E-state index in [0.29, 0.717) is 23.6 Å². The van der Waals surface area contributed by atoms with Gasteiger partial charge in [-0.15, -0.1) is 0 Å². The van der Waals surface area contributed by atoms with E-state index in [1.165, 1.54) is 0 Å². The van der Waals surface area contributed by atoms with E-state index in [4.69, 9.17) is 4.74 Å². The van der Waals surface area contributed by atoms with Crippen molar-refractivity contribution < 1.29 is 9.53 Å². The molecule has 2 aromatic rings. The van der Waals surface area contributed by atoms with Gasteiger partial charge in [0.1, 0.15) is 11.8 Å². The molecule has 0 aliphatic heterocycles. The van der Waals surface area contributed by atoms with Gasteiger partial charge in [0.2, 0.25) is 0 Å². The molecule has 0 unspecified atom stereocenters. The number of hydrogen-bond acceptors (Lipinski definition) is 4. The third-order valence-corrected chi connectivity index (χ3v) is 3.00. The molecule has 1 heterocycles. The Balaban J connectivity index is 2.06. The first kappa shape index (κ1) is 16.2. The predicted molar refractivity (Wildman–Crippen MR) is 88.3 cm³/mol. The molecule has 0 spiro atoms. The van der Waals surface area contributed by atoms with Crippen LogP contribution in [0.1, 0.15) is 18.2 Å². The van der Waals surface area contributed by atoms with E-state index in [-0.39, 0.29) is 12.5 Å². The number of aromatic nitrogens is 1. The monoisotopic (exact) mass is 307 g/mol. The lowest BCUT2D eigenvalue weighted by Crippen LogP contribution is -2.28. The van der Waals surface area contributed by atoms with E-state index in [1.807, 2.05) is 25.1 Å². The standard InChI is InChI=1S/C18H17N3O2/c1-2-20-18(22)13-23-16-8-6-14(7-9-16)11-15(12-19)17-5-3-4-10-21-17/h3-11H,2,13H2,1H3,(H,20,22). The molecule has 1 N–H and O–H groups in total. The summed E-state index contributed by atoms with van der Waals surface area (Å²) in [7, 11) is 0. The summed E-state index contributed by atoms with van der Waals surface area (Å²) in [5, 5.41) is 11.9. The highest BCUT2D eigenvalue weighted by Gasteiger charge is 2.03. The number of likely N-dealkylation sites (N-methyl/N-ethyl adjacent to an activating group) is 1. The van der Waals surface area contributed by atoms with Crippen LogP contribution in [0.25, 0.3) is 11.6 Å². The van der Waals surface area contributed by atoms with Gasteiger partial charge in [0, 0.05) is 12.7 Å². The minimum Gasteiger partial charge on any atom is -0.484 e. The lowest BCUT2D eigenvalue weighted by Gasteiger charge is -2.06. The smallest absolute Gasteiger partial charge is 0.257 e. The molecule has 0 bridgehead atoms. The van der Waals surface area contributed by atoms with Crippen LogP contribution in [-0.4, -0.2) is 24.0 Å². The van der Waals surface area contributed by atoms with E-state index in [2.05, 4.69) is 16.4 Å². The number of nitrogens with zero attached hydrogens (tertiary/aromatic N) is 2. The molecular formula is C18H17N3O2. The van der Waals surface area contributed by atoms with Crippen LogP contribution in [0.2, 0.25) is 0 Å². The quantitative estimate of drug-likeness (QED) is 0.833. The first-order valence-corrected chi connectivity index (χ1v) is 7.25. The topological polar surface area (TPSA) is 75.0 Å². The Labute approximate surface area is 135 Å². The number of rotatable bonds is 6. The van der Waals surface area contributed by atoms with Crippen LogP contribution in [0.3, 0.4) is 0 Å². The van der Waals surface area contributed by atoms with E-state index in [9.17, 15) is 10.1 Å². The van der Waals surface area contributed by atoms with Gasteiger partial charge in [-0.05, 0) is 42.8 Å². The lowest BCUT2D eigenvalue weighted by molar-refractivity contribution is -0.122. The van der Waals surface area contributed by atoms with Gasteiger partial charge in [-0.3, -0.25) is 9.78 Å². The first-order valence-electron chi connectivity index (χ1n) is 7.25. The second-order valence-corrected chi connectivity index (χ2v) is 4.70. The van der Waals surface area contributed by atoms with Crippen LogP contribution in [0.15, 0.2) is 48.7 Å². The van der Waals surface area contributed by atoms with Crippen LogP contribution >= 0.6 is 0 Å². The maximum Gasteiger partial charge on any atom is 0.257 e. The summed E-state index contributed by atoms with van der Waals surface area (Å²) in [6, 6.07) is 14.8. The average Bonchev–Trinajstić information content (AvgIpc) is 2.60. The molecule has 0 aliphatic rings. The Hall–Kier alpha value is -3.13. The zero-order chi connectivity index (χ0) is 16.5. The molecule has 0 radical (unpaired) electrons. The molecule has 1 amide bonds. The van der Waals surface area contributed by atoms with Gasteiger partial charge in [-0.2, -0.15) is 5.26 Å². The summed E-state index contributed by atoms with van der Waals surface area (Å²) in [6.07, 6.45) is 3.41. The van der Waals surface area contributed by atoms with Crippen molar-refractivity contribution in [1.29, 1.82) is 5.26 Å². The van der Waals surface area contributed by atoms with Gasteiger partial charge in [0.25, 0.3) is 5.91 Å². The zero-order valence-electron chi connectivity index (χ0n) is 12.8. The molecular weight excluding hydrogens is 290 g/mol. The van der Waals surface area contributed by atoms with E-state index >= 15 is 0 Å². The number of pyridine rings is 1. The van der Waals surface area contributed by atoms with Crippen LogP contribution in [-0.2, 0) is 4.79 Å². The van der Waals surface area contributed by atoms with Gasteiger partial charge >= 0.3 is 0 Å². The number of hydrogen-bond donors (Lipinski definition) is 1. The molecule has 1 aromatic heterocycles. The highest BCUT2D eigenvalue weighted by molar-refractivity contribution is 5.88. The van der Waals surface area contributed by atoms with Crippen molar-refractivity contribution in [2.45, 2.75) is 6.92 Å². The maximum atomic E-state index is 11.3. The van der Waals surface area contributed by atoms with Gasteiger partial charge in [-0.25, -0.2) is 0 Å². The Kier molecular flexibility index (Phi) is 5.89. The second kappa shape index (κ2) is 8.35. The normalized spacial score (nSPS) is 10.7. The Morgan fingerprint density at radius 3 is 2.70 bits per heavy atom. The molecule has 116 valence electrons. The first-order chi connectivity index (χ1) is 11.2. The molecule has 1 aromatic carbocycles. The fourth-order valence-corrected chi connectivity index (χ4v) is 1.91. The predicted octanol–water partition coefficient (Wildman–Crippen LogP) is 2.66. The molecule has 0 aliphatic carbocycles. The van der Waals surface area contributed by atoms with Gasteiger partial charge in [0.15, 0.2) is 6.61 Å². The summed E-state index contributed by atoms with van der Waals surface area (Å²) < 4.78 is 5.38. The molecule has 0 atom stereocenters. The lowest BCUT2D eigenvalue weighted by atomic mass is 10.1. The molecule has 0 saturated heterocycles. The fraction of sp³-hybridized carbons (Fsp3) is 0.167. The number of nitriles is 1. The van der Waals surface area contributed by atoms with Crippen LogP contribution in [0.5, 0.6) is 5.75 Å². The summed E-state index contributed by atoms with van der Waals surface area (Å²) in [5.41, 5.74) is 1.98. The number of carbonyl (C=O) groups is 1. The van der Waals surface area contributed by atoms with Crippen molar-refractivity contribution in [3.8, 4) is 11.8 Å². The maximum absolute atomic E-state index is 11.3. The average molecular weight is 307 g/mol. The van der Waals surface area contributed by atoms with Crippen LogP contribution in [0.4, 0.5) is 0 Å². The molecule has 0 saturated carbocycles. The van der Waals surface area contributed by atoms with Gasteiger partial charge < -0.3 is 10.1 Å². The third-order valence-electron chi connectivity index (χ3n) is 3.00. The van der Waals surface area contributed by atoms with E-state index < -0.39 is 0 Å². The SMILES string of the molecule is CCNC(=O)COc1ccc(C=C(C#N)c2ccccn2)cc1. The number of allylic oxidation sites excluding steroid dienone is 1. The van der Waals surface area contributed by atoms with Crippen LogP contribution < -0.4 is 10.1 Å². The summed E-state index contributed by atoms with van der Waals surface area (Å²) in [4.78, 5) is 15.5. The molecule has 0 fully saturated rings. The largest absolute Gasteiger partial charge is 0.484 e. The second-order valence-electron chi connectivity index (χ2n) is 4.70. The van der Waals surface area contributed by atoms with E-state index in [0.717, 1.165) is 5.56 Å². The van der Waals surface area contributed by atoms with Crippen molar-refractivity contribution in [2.75, 3.05) is 13.2 Å². The molecule has 5 heteroatoms. The number of benzene rings is 1. The van der Waals surface area contributed by atoms with Crippen molar-refractivity contribution >= 4 is 17.6 Å². The third kappa shape index (κ3) is 4.97. The number of ether oxygens (including phenoxy) is 1. The Bertz CT molecular complexity index is 716. The Morgan fingerprint density at radius 1 is 1.30 bits per heavy atom. The summed E-state index contributed by atoms with van der Waals surface area (Å²) in [6.45, 7) is 2.42. The van der Waals surface area contributed by atoms with Crippen molar-refractivity contribution in [2.24, 2.45) is 0 Å². The minimum atomic E-state index is -0.154. The van der Waals surface area contributed by atoms with Crippen LogP contribution in [0, 0.1) is 11.3 Å². The Morgan fingerprint density at radius 2 is 2.09 bits per heavy atom. The van der Waals surface area contributed by atoms with Gasteiger partial charge in [-0.1, -0.05) is 18.2 Å². The zero-order valence-corrected chi connectivity index (χ0v) is 12.8. The summed E-state index contributed by atoms with van der Waals surface area (Å²) in [5.74, 6) is 0.447. The summed E-state index contributed by atoms with van der Waals surface area (Å²) >= 11 is 0. The number of amides is 1. The molecule has 2 rings (SSSR count). The van der Waals surface area contributed by atoms with Crippen molar-refractivity contribution in [1.82, 2.24) is 10.3 Å². The minimum absolute atomic E-state index is 0.0135. The number of nitrogens with one attached hydrogen (secondary N) is 1. The highest BCUT2D eigenvalue weighted by Crippen LogP contribution is 2.18.